The van der Waals surface area contributed by atoms with Crippen molar-refractivity contribution in [1.82, 2.24) is 9.55 Å². The fourth-order valence-electron chi connectivity index (χ4n) is 1.79. The van der Waals surface area contributed by atoms with Crippen molar-refractivity contribution in [3.63, 3.8) is 0 Å². The van der Waals surface area contributed by atoms with Gasteiger partial charge >= 0.3 is 0 Å². The third-order valence-electron chi connectivity index (χ3n) is 3.01. The molecule has 0 N–H and O–H groups in total. The van der Waals surface area contributed by atoms with Crippen LogP contribution in [0, 0.1) is 13.8 Å². The van der Waals surface area contributed by atoms with Gasteiger partial charge in [-0.1, -0.05) is 53.0 Å². The molecule has 0 unspecified atom stereocenters. The number of nitrogens with zero attached hydrogens (tertiary/aromatic N) is 2. The maximum absolute atomic E-state index is 11.3. The van der Waals surface area contributed by atoms with Crippen LogP contribution in [0.25, 0.3) is 5.69 Å². The number of rotatable bonds is 4. The topological polar surface area (TPSA) is 52.0 Å². The molecule has 0 spiro atoms. The number of halogens is 1. The Morgan fingerprint density at radius 1 is 1.10 bits per heavy atom. The number of allylic oxidation sites excluding steroid dienone is 3. The highest BCUT2D eigenvalue weighted by Crippen LogP contribution is 2.15. The molecule has 170 valence electrons. The Bertz CT molecular complexity index is 837. The summed E-state index contributed by atoms with van der Waals surface area (Å²) in [6.45, 7) is 24.1. The van der Waals surface area contributed by atoms with E-state index in [2.05, 4.69) is 24.7 Å². The monoisotopic (exact) mass is 454 g/mol. The van der Waals surface area contributed by atoms with Crippen LogP contribution in [-0.2, 0) is 9.84 Å². The second kappa shape index (κ2) is 18.9. The Balaban J connectivity index is -0.000000469. The van der Waals surface area contributed by atoms with E-state index in [9.17, 15) is 8.42 Å². The molecular formula is C24H39ClN2O2S. The van der Waals surface area contributed by atoms with Crippen LogP contribution in [0.1, 0.15) is 46.1 Å². The quantitative estimate of drug-likeness (QED) is 0.281. The third kappa shape index (κ3) is 14.0. The van der Waals surface area contributed by atoms with Gasteiger partial charge < -0.3 is 4.57 Å². The first-order valence-corrected chi connectivity index (χ1v) is 12.3. The minimum Gasteiger partial charge on any atom is -0.304 e. The summed E-state index contributed by atoms with van der Waals surface area (Å²) in [5, 5.41) is 0. The molecule has 6 heteroatoms. The first kappa shape index (κ1) is 32.6. The van der Waals surface area contributed by atoms with Gasteiger partial charge in [0.05, 0.1) is 10.6 Å². The molecule has 0 aliphatic carbocycles. The van der Waals surface area contributed by atoms with Crippen LogP contribution < -0.4 is 0 Å². The van der Waals surface area contributed by atoms with Crippen molar-refractivity contribution < 1.29 is 8.42 Å². The highest BCUT2D eigenvalue weighted by molar-refractivity contribution is 7.90. The zero-order valence-corrected chi connectivity index (χ0v) is 21.4. The number of sulfone groups is 1. The van der Waals surface area contributed by atoms with Crippen LogP contribution in [0.3, 0.4) is 0 Å². The molecule has 0 aliphatic heterocycles. The van der Waals surface area contributed by atoms with Gasteiger partial charge in [0.15, 0.2) is 9.84 Å². The molecule has 2 aromatic rings. The van der Waals surface area contributed by atoms with E-state index in [4.69, 9.17) is 11.6 Å². The Kier molecular flexibility index (Phi) is 20.5. The second-order valence-corrected chi connectivity index (χ2v) is 7.75. The van der Waals surface area contributed by atoms with Gasteiger partial charge in [0, 0.05) is 24.0 Å². The average Bonchev–Trinajstić information content (AvgIpc) is 3.09. The van der Waals surface area contributed by atoms with E-state index in [-0.39, 0.29) is 0 Å². The third-order valence-corrected chi connectivity index (χ3v) is 4.48. The van der Waals surface area contributed by atoms with Gasteiger partial charge in [-0.25, -0.2) is 13.4 Å². The average molecular weight is 455 g/mol. The number of hydrogen-bond acceptors (Lipinski definition) is 3. The summed E-state index contributed by atoms with van der Waals surface area (Å²) in [7, 11) is -3.13. The van der Waals surface area contributed by atoms with Crippen molar-refractivity contribution in [2.24, 2.45) is 0 Å². The van der Waals surface area contributed by atoms with Crippen LogP contribution >= 0.6 is 11.6 Å². The minimum absolute atomic E-state index is 0.329. The van der Waals surface area contributed by atoms with Crippen LogP contribution in [0.2, 0.25) is 0 Å². The molecule has 0 bridgehead atoms. The lowest BCUT2D eigenvalue weighted by Crippen LogP contribution is -1.99. The summed E-state index contributed by atoms with van der Waals surface area (Å²) in [6, 6.07) is 6.79. The van der Waals surface area contributed by atoms with E-state index < -0.39 is 9.84 Å². The van der Waals surface area contributed by atoms with Crippen molar-refractivity contribution in [1.29, 1.82) is 0 Å². The van der Waals surface area contributed by atoms with Gasteiger partial charge in [0.1, 0.15) is 5.82 Å². The number of aryl methyl sites for hydroxylation is 2. The lowest BCUT2D eigenvalue weighted by molar-refractivity contribution is 0.602. The lowest BCUT2D eigenvalue weighted by atomic mass is 10.3. The zero-order valence-electron chi connectivity index (χ0n) is 19.9. The molecule has 1 aromatic heterocycles. The van der Waals surface area contributed by atoms with E-state index in [1.807, 2.05) is 59.2 Å². The van der Waals surface area contributed by atoms with Gasteiger partial charge in [-0.15, -0.1) is 18.2 Å². The molecule has 30 heavy (non-hydrogen) atoms. The number of imidazole rings is 1. The summed E-state index contributed by atoms with van der Waals surface area (Å²) in [5.74, 6) is 1.37. The van der Waals surface area contributed by atoms with E-state index in [0.29, 0.717) is 10.8 Å². The van der Waals surface area contributed by atoms with Gasteiger partial charge in [-0.2, -0.15) is 0 Å². The van der Waals surface area contributed by atoms with Crippen LogP contribution in [0.15, 0.2) is 72.8 Å². The fourth-order valence-corrected chi connectivity index (χ4v) is 2.53. The number of hydrogen-bond donors (Lipinski definition) is 0. The molecular weight excluding hydrogens is 416 g/mol. The van der Waals surface area contributed by atoms with E-state index in [0.717, 1.165) is 22.8 Å². The normalized spacial score (nSPS) is 8.97. The molecule has 1 heterocycles. The highest BCUT2D eigenvalue weighted by atomic mass is 35.5. The number of benzene rings is 1. The van der Waals surface area contributed by atoms with E-state index >= 15 is 0 Å². The minimum atomic E-state index is -3.13. The van der Waals surface area contributed by atoms with Crippen LogP contribution in [0.4, 0.5) is 0 Å². The van der Waals surface area contributed by atoms with Gasteiger partial charge in [0.2, 0.25) is 0 Å². The highest BCUT2D eigenvalue weighted by Gasteiger charge is 2.08. The van der Waals surface area contributed by atoms with Crippen molar-refractivity contribution in [3.05, 3.63) is 79.4 Å². The number of aromatic nitrogens is 2. The van der Waals surface area contributed by atoms with Crippen molar-refractivity contribution in [2.45, 2.75) is 53.4 Å². The summed E-state index contributed by atoms with van der Waals surface area (Å²) < 4.78 is 24.6. The van der Waals surface area contributed by atoms with E-state index in [1.165, 1.54) is 6.26 Å². The van der Waals surface area contributed by atoms with Crippen LogP contribution in [-0.4, -0.2) is 30.1 Å². The Labute approximate surface area is 189 Å². The maximum Gasteiger partial charge on any atom is 0.175 e. The van der Waals surface area contributed by atoms with Gasteiger partial charge in [-0.3, -0.25) is 0 Å². The first-order chi connectivity index (χ1) is 14.1. The maximum atomic E-state index is 11.3. The van der Waals surface area contributed by atoms with Crippen LogP contribution in [0.5, 0.6) is 0 Å². The molecule has 1 aromatic carbocycles. The van der Waals surface area contributed by atoms with Gasteiger partial charge in [0.25, 0.3) is 0 Å². The molecule has 0 atom stereocenters. The first-order valence-electron chi connectivity index (χ1n) is 9.87. The molecule has 0 radical (unpaired) electrons. The van der Waals surface area contributed by atoms with Crippen molar-refractivity contribution in [3.8, 4) is 5.69 Å². The SMILES string of the molecule is C=CC.C=CC(=C)CCl.CC.CC.Cc1cn(-c2ccc(S(C)(=O)=O)cc2)c(C)n1. The standard InChI is InChI=1S/C12H14N2O2S.C5H7Cl.C3H6.2C2H6/c1-9-8-14(10(2)13-9)11-4-6-12(7-5-11)17(3,15)16;1-3-5(2)4-6;1-3-2;2*1-2/h4-8H,1-3H3;3H,1-2,4H2;3H,1H2,2H3;2*1-2H3. The molecule has 0 amide bonds. The molecule has 2 rings (SSSR count). The summed E-state index contributed by atoms with van der Waals surface area (Å²) in [5.41, 5.74) is 2.72. The van der Waals surface area contributed by atoms with Crippen molar-refractivity contribution in [2.75, 3.05) is 12.1 Å². The van der Waals surface area contributed by atoms with Gasteiger partial charge in [-0.05, 0) is 50.6 Å². The smallest absolute Gasteiger partial charge is 0.175 e. The van der Waals surface area contributed by atoms with Crippen molar-refractivity contribution >= 4 is 21.4 Å². The molecule has 0 saturated heterocycles. The summed E-state index contributed by atoms with van der Waals surface area (Å²) in [4.78, 5) is 4.63. The number of alkyl halides is 1. The Morgan fingerprint density at radius 3 is 1.77 bits per heavy atom. The predicted octanol–water partition coefficient (Wildman–Crippen LogP) is 7.10. The second-order valence-electron chi connectivity index (χ2n) is 5.47. The molecule has 0 aliphatic rings. The zero-order chi connectivity index (χ0) is 24.3. The molecule has 0 fully saturated rings. The Hall–Kier alpha value is -2.11. The Morgan fingerprint density at radius 2 is 1.53 bits per heavy atom. The largest absolute Gasteiger partial charge is 0.304 e. The van der Waals surface area contributed by atoms with E-state index in [1.54, 1.807) is 36.4 Å². The predicted molar refractivity (Wildman–Crippen MR) is 135 cm³/mol. The molecule has 4 nitrogen and oxygen atoms in total. The fraction of sp³-hybridized carbons (Fsp3) is 0.375. The lowest BCUT2D eigenvalue weighted by Gasteiger charge is -2.05. The summed E-state index contributed by atoms with van der Waals surface area (Å²) >= 11 is 5.28. The molecule has 0 saturated carbocycles. The summed E-state index contributed by atoms with van der Waals surface area (Å²) in [6.07, 6.45) is 6.52.